The highest BCUT2D eigenvalue weighted by molar-refractivity contribution is 7.90. The minimum absolute atomic E-state index is 0.00185. The Hall–Kier alpha value is -1.99. The summed E-state index contributed by atoms with van der Waals surface area (Å²) in [5, 5.41) is -0.742. The van der Waals surface area contributed by atoms with Crippen LogP contribution in [0.3, 0.4) is 0 Å². The standard InChI is InChI=1S/C21H27NO5S/c1-21(2)16-13-17(23)15(11-14-7-5-4-6-8-14)12-18(16)28(25,26)22-19(21)9-10-20(24)27-3/h4-8,12,16,18-19,22H,9-11,13H2,1-3H3/t16-,18-,19-/m0/s1. The van der Waals surface area contributed by atoms with E-state index in [1.807, 2.05) is 44.2 Å². The van der Waals surface area contributed by atoms with Crippen molar-refractivity contribution in [2.45, 2.75) is 50.8 Å². The second-order valence-electron chi connectivity index (χ2n) is 8.20. The Balaban J connectivity index is 1.88. The first-order chi connectivity index (χ1) is 13.1. The summed E-state index contributed by atoms with van der Waals surface area (Å²) in [6, 6.07) is 9.15. The molecule has 3 atom stereocenters. The molecular formula is C21H27NO5S. The highest BCUT2D eigenvalue weighted by Gasteiger charge is 2.53. The lowest BCUT2D eigenvalue weighted by Gasteiger charge is -2.49. The molecule has 1 aromatic rings. The van der Waals surface area contributed by atoms with Crippen LogP contribution in [-0.4, -0.2) is 38.6 Å². The van der Waals surface area contributed by atoms with E-state index in [9.17, 15) is 18.0 Å². The highest BCUT2D eigenvalue weighted by atomic mass is 32.2. The Morgan fingerprint density at radius 3 is 2.57 bits per heavy atom. The van der Waals surface area contributed by atoms with Gasteiger partial charge >= 0.3 is 5.97 Å². The fourth-order valence-electron chi connectivity index (χ4n) is 4.30. The van der Waals surface area contributed by atoms with Gasteiger partial charge in [0.25, 0.3) is 0 Å². The maximum Gasteiger partial charge on any atom is 0.305 e. The summed E-state index contributed by atoms with van der Waals surface area (Å²) in [6.07, 6.45) is 2.76. The quantitative estimate of drug-likeness (QED) is 0.760. The van der Waals surface area contributed by atoms with Gasteiger partial charge in [-0.1, -0.05) is 50.3 Å². The Labute approximate surface area is 166 Å². The molecule has 0 unspecified atom stereocenters. The molecule has 0 radical (unpaired) electrons. The van der Waals surface area contributed by atoms with Gasteiger partial charge in [0.15, 0.2) is 5.78 Å². The van der Waals surface area contributed by atoms with E-state index in [1.54, 1.807) is 6.08 Å². The van der Waals surface area contributed by atoms with Gasteiger partial charge in [0.05, 0.1) is 12.4 Å². The van der Waals surface area contributed by atoms with Gasteiger partial charge in [-0.2, -0.15) is 0 Å². The van der Waals surface area contributed by atoms with Gasteiger partial charge in [-0.25, -0.2) is 13.1 Å². The number of esters is 1. The van der Waals surface area contributed by atoms with Crippen molar-refractivity contribution in [3.05, 3.63) is 47.5 Å². The monoisotopic (exact) mass is 405 g/mol. The van der Waals surface area contributed by atoms with Gasteiger partial charge < -0.3 is 4.74 Å². The zero-order valence-corrected chi connectivity index (χ0v) is 17.3. The summed E-state index contributed by atoms with van der Waals surface area (Å²) in [5.41, 5.74) is 1.08. The van der Waals surface area contributed by atoms with Crippen LogP contribution in [0.2, 0.25) is 0 Å². The number of sulfonamides is 1. The number of rotatable bonds is 5. The first kappa shape index (κ1) is 20.7. The molecule has 0 saturated carbocycles. The van der Waals surface area contributed by atoms with Gasteiger partial charge in [0, 0.05) is 25.3 Å². The van der Waals surface area contributed by atoms with E-state index in [0.29, 0.717) is 18.4 Å². The predicted molar refractivity (Wildman–Crippen MR) is 106 cm³/mol. The molecule has 1 fully saturated rings. The van der Waals surface area contributed by atoms with Crippen molar-refractivity contribution in [1.82, 2.24) is 4.72 Å². The van der Waals surface area contributed by atoms with Gasteiger partial charge in [0.1, 0.15) is 0 Å². The first-order valence-electron chi connectivity index (χ1n) is 9.51. The molecule has 1 aliphatic heterocycles. The number of carbonyl (C=O) groups excluding carboxylic acids is 2. The molecule has 1 saturated heterocycles. The lowest BCUT2D eigenvalue weighted by Crippen LogP contribution is -2.61. The third-order valence-electron chi connectivity index (χ3n) is 6.15. The highest BCUT2D eigenvalue weighted by Crippen LogP contribution is 2.46. The van der Waals surface area contributed by atoms with Crippen LogP contribution < -0.4 is 4.72 Å². The number of carbonyl (C=O) groups is 2. The van der Waals surface area contributed by atoms with Crippen molar-refractivity contribution >= 4 is 21.8 Å². The topological polar surface area (TPSA) is 89.5 Å². The maximum atomic E-state index is 12.9. The number of allylic oxidation sites excluding steroid dienone is 1. The number of fused-ring (bicyclic) bond motifs is 1. The van der Waals surface area contributed by atoms with Gasteiger partial charge in [0.2, 0.25) is 10.0 Å². The van der Waals surface area contributed by atoms with Crippen molar-refractivity contribution in [2.24, 2.45) is 11.3 Å². The molecule has 0 spiro atoms. The molecule has 0 bridgehead atoms. The summed E-state index contributed by atoms with van der Waals surface area (Å²) in [4.78, 5) is 24.3. The van der Waals surface area contributed by atoms with E-state index in [1.165, 1.54) is 7.11 Å². The predicted octanol–water partition coefficient (Wildman–Crippen LogP) is 2.39. The number of hydrogen-bond acceptors (Lipinski definition) is 5. The molecule has 0 aromatic heterocycles. The summed E-state index contributed by atoms with van der Waals surface area (Å²) in [7, 11) is -2.32. The van der Waals surface area contributed by atoms with Crippen LogP contribution in [0.15, 0.2) is 42.0 Å². The Morgan fingerprint density at radius 2 is 1.93 bits per heavy atom. The number of ketones is 1. The van der Waals surface area contributed by atoms with E-state index in [2.05, 4.69) is 9.46 Å². The first-order valence-corrected chi connectivity index (χ1v) is 11.1. The van der Waals surface area contributed by atoms with E-state index >= 15 is 0 Å². The van der Waals surface area contributed by atoms with Gasteiger partial charge in [-0.15, -0.1) is 0 Å². The summed E-state index contributed by atoms with van der Waals surface area (Å²) in [5.74, 6) is -0.697. The summed E-state index contributed by atoms with van der Waals surface area (Å²) < 4.78 is 33.3. The molecule has 6 nitrogen and oxygen atoms in total. The molecule has 3 rings (SSSR count). The SMILES string of the molecule is COC(=O)CC[C@@H]1NS(=O)(=O)[C@H]2C=C(Cc3ccccc3)C(=O)C[C@@H]2C1(C)C. The fourth-order valence-corrected chi connectivity index (χ4v) is 6.50. The van der Waals surface area contributed by atoms with Crippen LogP contribution in [0.25, 0.3) is 0 Å². The van der Waals surface area contributed by atoms with Crippen LogP contribution in [0.5, 0.6) is 0 Å². The summed E-state index contributed by atoms with van der Waals surface area (Å²) >= 11 is 0. The molecule has 1 aromatic carbocycles. The minimum Gasteiger partial charge on any atom is -0.469 e. The minimum atomic E-state index is -3.64. The molecule has 7 heteroatoms. The van der Waals surface area contributed by atoms with Crippen LogP contribution in [0, 0.1) is 11.3 Å². The zero-order valence-electron chi connectivity index (χ0n) is 16.5. The molecule has 1 aliphatic carbocycles. The zero-order chi connectivity index (χ0) is 20.5. The number of ether oxygens (including phenoxy) is 1. The molecule has 2 aliphatic rings. The molecule has 1 heterocycles. The number of methoxy groups -OCH3 is 1. The van der Waals surface area contributed by atoms with E-state index in [4.69, 9.17) is 0 Å². The number of hydrogen-bond donors (Lipinski definition) is 1. The average Bonchev–Trinajstić information content (AvgIpc) is 2.65. The van der Waals surface area contributed by atoms with E-state index in [0.717, 1.165) is 5.56 Å². The summed E-state index contributed by atoms with van der Waals surface area (Å²) in [6.45, 7) is 3.94. The Kier molecular flexibility index (Phi) is 5.77. The van der Waals surface area contributed by atoms with Crippen LogP contribution in [0.4, 0.5) is 0 Å². The van der Waals surface area contributed by atoms with Crippen molar-refractivity contribution in [3.63, 3.8) is 0 Å². The van der Waals surface area contributed by atoms with Crippen molar-refractivity contribution in [3.8, 4) is 0 Å². The van der Waals surface area contributed by atoms with Gasteiger partial charge in [-0.3, -0.25) is 9.59 Å². The number of Topliss-reactive ketones (excluding diaryl/α,β-unsaturated/α-hetero) is 1. The molecular weight excluding hydrogens is 378 g/mol. The lowest BCUT2D eigenvalue weighted by atomic mass is 9.66. The van der Waals surface area contributed by atoms with Gasteiger partial charge in [-0.05, 0) is 28.9 Å². The largest absolute Gasteiger partial charge is 0.469 e. The smallest absolute Gasteiger partial charge is 0.305 e. The molecule has 0 amide bonds. The van der Waals surface area contributed by atoms with E-state index in [-0.39, 0.29) is 30.5 Å². The number of nitrogens with one attached hydrogen (secondary N) is 1. The Bertz CT molecular complexity index is 889. The second kappa shape index (κ2) is 7.79. The number of benzene rings is 1. The molecule has 1 N–H and O–H groups in total. The van der Waals surface area contributed by atoms with Crippen LogP contribution >= 0.6 is 0 Å². The van der Waals surface area contributed by atoms with Crippen LogP contribution in [-0.2, 0) is 30.8 Å². The second-order valence-corrected chi connectivity index (χ2v) is 10.1. The average molecular weight is 406 g/mol. The van der Waals surface area contributed by atoms with Crippen molar-refractivity contribution in [2.75, 3.05) is 7.11 Å². The van der Waals surface area contributed by atoms with Crippen LogP contribution in [0.1, 0.15) is 38.7 Å². The van der Waals surface area contributed by atoms with Crippen molar-refractivity contribution < 1.29 is 22.7 Å². The van der Waals surface area contributed by atoms with Crippen molar-refractivity contribution in [1.29, 1.82) is 0 Å². The normalized spacial score (nSPS) is 28.2. The lowest BCUT2D eigenvalue weighted by molar-refractivity contribution is -0.141. The molecule has 28 heavy (non-hydrogen) atoms. The third kappa shape index (κ3) is 4.05. The third-order valence-corrected chi connectivity index (χ3v) is 7.94. The fraction of sp³-hybridized carbons (Fsp3) is 0.524. The Morgan fingerprint density at radius 1 is 1.25 bits per heavy atom. The molecule has 152 valence electrons. The maximum absolute atomic E-state index is 12.9. The van der Waals surface area contributed by atoms with E-state index < -0.39 is 26.7 Å².